The fourth-order valence-electron chi connectivity index (χ4n) is 6.01. The van der Waals surface area contributed by atoms with Gasteiger partial charge in [-0.1, -0.05) is 32.1 Å². The Morgan fingerprint density at radius 1 is 1.00 bits per heavy atom. The number of rotatable bonds is 2. The highest BCUT2D eigenvalue weighted by atomic mass is 35.5. The van der Waals surface area contributed by atoms with Crippen molar-refractivity contribution in [3.63, 3.8) is 0 Å². The fourth-order valence-corrected chi connectivity index (χ4v) is 6.26. The maximum Gasteiger partial charge on any atom is 0.163 e. The van der Waals surface area contributed by atoms with Gasteiger partial charge >= 0.3 is 0 Å². The van der Waals surface area contributed by atoms with Crippen molar-refractivity contribution in [3.05, 3.63) is 0 Å². The highest BCUT2D eigenvalue weighted by Gasteiger charge is 2.54. The topological polar surface area (TPSA) is 71.8 Å². The molecule has 5 atom stereocenters. The van der Waals surface area contributed by atoms with Gasteiger partial charge in [0.1, 0.15) is 0 Å². The maximum atomic E-state index is 6.62. The molecule has 2 aliphatic carbocycles. The number of nitrogens with one attached hydrogen (secondary N) is 2. The zero-order valence-electron chi connectivity index (χ0n) is 14.8. The number of fused-ring (bicyclic) bond motifs is 1. The molecule has 2 heterocycles. The molecule has 6 N–H and O–H groups in total. The van der Waals surface area contributed by atoms with E-state index in [1.54, 1.807) is 0 Å². The highest BCUT2D eigenvalue weighted by Crippen LogP contribution is 2.43. The normalized spacial score (nSPS) is 48.4. The number of nitrogens with zero attached hydrogens (tertiary/aromatic N) is 1. The van der Waals surface area contributed by atoms with Crippen LogP contribution in [-0.2, 0) is 0 Å². The number of halogens is 1. The van der Waals surface area contributed by atoms with Crippen LogP contribution < -0.4 is 21.9 Å². The zero-order chi connectivity index (χ0) is 16.7. The lowest BCUT2D eigenvalue weighted by molar-refractivity contribution is -0.951. The smallest absolute Gasteiger partial charge is 0.163 e. The second-order valence-corrected chi connectivity index (χ2v) is 9.29. The molecule has 0 aromatic carbocycles. The third-order valence-corrected chi connectivity index (χ3v) is 7.78. The third-order valence-electron chi connectivity index (χ3n) is 7.35. The molecule has 2 aliphatic heterocycles. The summed E-state index contributed by atoms with van der Waals surface area (Å²) in [5.41, 5.74) is 6.62. The van der Waals surface area contributed by atoms with Crippen molar-refractivity contribution in [2.45, 2.75) is 81.5 Å². The molecule has 0 aromatic rings. The highest BCUT2D eigenvalue weighted by molar-refractivity contribution is 6.20. The van der Waals surface area contributed by atoms with E-state index in [2.05, 4.69) is 10.2 Å². The Balaban J connectivity index is 1.53. The van der Waals surface area contributed by atoms with Crippen LogP contribution in [0.15, 0.2) is 0 Å². The summed E-state index contributed by atoms with van der Waals surface area (Å²) >= 11 is 6.34. The van der Waals surface area contributed by atoms with Crippen molar-refractivity contribution in [2.75, 3.05) is 13.2 Å². The van der Waals surface area contributed by atoms with E-state index >= 15 is 0 Å². The Kier molecular flexibility index (Phi) is 5.38. The van der Waals surface area contributed by atoms with Gasteiger partial charge in [0.25, 0.3) is 0 Å². The van der Waals surface area contributed by atoms with E-state index in [9.17, 15) is 0 Å². The maximum absolute atomic E-state index is 6.62. The Bertz CT molecular complexity index is 422. The molecule has 0 bridgehead atoms. The predicted molar refractivity (Wildman–Crippen MR) is 97.1 cm³/mol. The molecule has 5 nitrogen and oxygen atoms in total. The summed E-state index contributed by atoms with van der Waals surface area (Å²) < 4.78 is 0. The number of hydrogen-bond acceptors (Lipinski definition) is 4. The first-order chi connectivity index (χ1) is 11.6. The summed E-state index contributed by atoms with van der Waals surface area (Å²) in [6, 6.07) is 0.681. The standard InChI is InChI=1S/C18H34ClN5/c19-13-6-8-14(9-7-13)23-10-15(12-4-2-1-3-5-12)16-17(20)24(21)11-22-18(16)23/h12-18,22H,1-11,20-21H2/p+1. The molecule has 4 rings (SSSR count). The first-order valence-electron chi connectivity index (χ1n) is 10.1. The van der Waals surface area contributed by atoms with Crippen LogP contribution in [0.2, 0.25) is 0 Å². The number of nitrogens with two attached hydrogens (primary N) is 2. The van der Waals surface area contributed by atoms with Crippen LogP contribution in [0.25, 0.3) is 0 Å². The molecular formula is C18H35ClN5+. The van der Waals surface area contributed by atoms with Crippen LogP contribution in [0.4, 0.5) is 0 Å². The molecule has 6 heteroatoms. The fraction of sp³-hybridized carbons (Fsp3) is 1.00. The van der Waals surface area contributed by atoms with Crippen molar-refractivity contribution in [2.24, 2.45) is 29.3 Å². The van der Waals surface area contributed by atoms with Gasteiger partial charge in [-0.2, -0.15) is 5.84 Å². The SMILES string of the molecule is NC1C2C(C3CCCCC3)CN(C3CCC(Cl)CC3)C2NC[NH+]1N. The minimum absolute atomic E-state index is 0.0672. The van der Waals surface area contributed by atoms with Gasteiger partial charge in [0, 0.05) is 18.0 Å². The summed E-state index contributed by atoms with van der Waals surface area (Å²) in [5, 5.41) is 5.09. The molecule has 4 fully saturated rings. The molecule has 0 spiro atoms. The Morgan fingerprint density at radius 3 is 2.42 bits per heavy atom. The van der Waals surface area contributed by atoms with E-state index < -0.39 is 0 Å². The molecule has 4 aliphatic rings. The average Bonchev–Trinajstić information content (AvgIpc) is 3.00. The predicted octanol–water partition coefficient (Wildman–Crippen LogP) is 0.595. The average molecular weight is 357 g/mol. The number of alkyl halides is 1. The van der Waals surface area contributed by atoms with Gasteiger partial charge in [0.05, 0.1) is 12.1 Å². The van der Waals surface area contributed by atoms with Gasteiger partial charge in [-0.3, -0.25) is 16.0 Å². The van der Waals surface area contributed by atoms with E-state index in [0.29, 0.717) is 29.4 Å². The summed E-state index contributed by atoms with van der Waals surface area (Å²) in [7, 11) is 0. The molecule has 0 aromatic heterocycles. The van der Waals surface area contributed by atoms with Crippen LogP contribution in [-0.4, -0.2) is 41.9 Å². The first-order valence-corrected chi connectivity index (χ1v) is 10.6. The molecule has 138 valence electrons. The number of likely N-dealkylation sites (tertiary alicyclic amines) is 1. The summed E-state index contributed by atoms with van der Waals surface area (Å²) in [6.45, 7) is 1.99. The van der Waals surface area contributed by atoms with Gasteiger partial charge in [0.2, 0.25) is 0 Å². The first kappa shape index (κ1) is 17.5. The van der Waals surface area contributed by atoms with Crippen LogP contribution >= 0.6 is 11.6 Å². The van der Waals surface area contributed by atoms with Gasteiger partial charge in [-0.15, -0.1) is 11.6 Å². The van der Waals surface area contributed by atoms with Gasteiger partial charge in [-0.05, 0) is 37.5 Å². The number of hydrogen-bond donors (Lipinski definition) is 4. The molecule has 0 radical (unpaired) electrons. The second kappa shape index (κ2) is 7.37. The van der Waals surface area contributed by atoms with E-state index in [0.717, 1.165) is 30.4 Å². The molecule has 2 saturated heterocycles. The molecule has 24 heavy (non-hydrogen) atoms. The van der Waals surface area contributed by atoms with E-state index in [-0.39, 0.29) is 6.17 Å². The second-order valence-electron chi connectivity index (χ2n) is 8.67. The monoisotopic (exact) mass is 356 g/mol. The van der Waals surface area contributed by atoms with Crippen LogP contribution in [0.5, 0.6) is 0 Å². The van der Waals surface area contributed by atoms with Crippen molar-refractivity contribution >= 4 is 11.6 Å². The Labute approximate surface area is 151 Å². The lowest BCUT2D eigenvalue weighted by atomic mass is 9.73. The largest absolute Gasteiger partial charge is 0.284 e. The zero-order valence-corrected chi connectivity index (χ0v) is 15.6. The Morgan fingerprint density at radius 2 is 1.71 bits per heavy atom. The quantitative estimate of drug-likeness (QED) is 0.432. The van der Waals surface area contributed by atoms with E-state index in [4.69, 9.17) is 23.2 Å². The third kappa shape index (κ3) is 3.24. The van der Waals surface area contributed by atoms with E-state index in [1.807, 2.05) is 0 Å². The van der Waals surface area contributed by atoms with Crippen LogP contribution in [0, 0.1) is 17.8 Å². The van der Waals surface area contributed by atoms with Crippen molar-refractivity contribution < 1.29 is 5.01 Å². The molecule has 5 unspecified atom stereocenters. The summed E-state index contributed by atoms with van der Waals surface area (Å²) in [6.07, 6.45) is 12.3. The lowest BCUT2D eigenvalue weighted by Gasteiger charge is -2.43. The van der Waals surface area contributed by atoms with Gasteiger partial charge in [0.15, 0.2) is 12.8 Å². The Hall–Kier alpha value is 0.0900. The van der Waals surface area contributed by atoms with Crippen LogP contribution in [0.3, 0.4) is 0 Å². The van der Waals surface area contributed by atoms with Crippen molar-refractivity contribution in [1.29, 1.82) is 0 Å². The van der Waals surface area contributed by atoms with Gasteiger partial charge < -0.3 is 0 Å². The van der Waals surface area contributed by atoms with E-state index in [1.165, 1.54) is 51.5 Å². The molecule has 2 saturated carbocycles. The van der Waals surface area contributed by atoms with Crippen molar-refractivity contribution in [3.8, 4) is 0 Å². The molecule has 0 amide bonds. The lowest BCUT2D eigenvalue weighted by Crippen LogP contribution is -3.26. The minimum Gasteiger partial charge on any atom is -0.284 e. The summed E-state index contributed by atoms with van der Waals surface area (Å²) in [4.78, 5) is 2.76. The van der Waals surface area contributed by atoms with Gasteiger partial charge in [-0.25, -0.2) is 5.01 Å². The minimum atomic E-state index is 0.0672. The van der Waals surface area contributed by atoms with Crippen LogP contribution in [0.1, 0.15) is 57.8 Å². The molecular weight excluding hydrogens is 322 g/mol. The van der Waals surface area contributed by atoms with Crippen molar-refractivity contribution in [1.82, 2.24) is 10.2 Å². The summed E-state index contributed by atoms with van der Waals surface area (Å²) in [5.74, 6) is 8.32. The number of quaternary nitrogens is 1.